The quantitative estimate of drug-likeness (QED) is 0.848. The highest BCUT2D eigenvalue weighted by Crippen LogP contribution is 2.36. The van der Waals surface area contributed by atoms with Crippen LogP contribution in [0, 0.1) is 0 Å². The van der Waals surface area contributed by atoms with E-state index < -0.39 is 11.2 Å². The number of hydrogen-bond acceptors (Lipinski definition) is 4. The zero-order valence-corrected chi connectivity index (χ0v) is 9.87. The maximum absolute atomic E-state index is 11.2. The third-order valence-corrected chi connectivity index (χ3v) is 4.11. The van der Waals surface area contributed by atoms with Gasteiger partial charge >= 0.3 is 5.97 Å². The van der Waals surface area contributed by atoms with Crippen LogP contribution in [-0.2, 0) is 4.79 Å². The number of hydrogen-bond donors (Lipinski definition) is 1. The van der Waals surface area contributed by atoms with Gasteiger partial charge in [0.15, 0.2) is 4.34 Å². The number of benzene rings is 1. The summed E-state index contributed by atoms with van der Waals surface area (Å²) >= 11 is 2.72. The van der Waals surface area contributed by atoms with Crippen LogP contribution in [0.5, 0.6) is 0 Å². The van der Waals surface area contributed by atoms with Crippen molar-refractivity contribution in [3.8, 4) is 0 Å². The number of nitrogens with zero attached hydrogens (tertiary/aromatic N) is 1. The normalized spacial score (nSPS) is 12.2. The van der Waals surface area contributed by atoms with E-state index in [1.54, 1.807) is 6.20 Å². The van der Waals surface area contributed by atoms with Gasteiger partial charge in [-0.25, -0.2) is 4.98 Å². The van der Waals surface area contributed by atoms with Crippen molar-refractivity contribution in [1.82, 2.24) is 4.98 Å². The molecule has 1 unspecified atom stereocenters. The second-order valence-corrected chi connectivity index (χ2v) is 5.29. The summed E-state index contributed by atoms with van der Waals surface area (Å²) in [7, 11) is 0. The van der Waals surface area contributed by atoms with Crippen LogP contribution in [0.3, 0.4) is 0 Å². The minimum atomic E-state index is -0.841. The number of carbonyl (C=O) groups is 1. The number of thioether (sulfide) groups is 1. The Balaban J connectivity index is 2.22. The topological polar surface area (TPSA) is 50.2 Å². The summed E-state index contributed by atoms with van der Waals surface area (Å²) in [6.07, 6.45) is 1.68. The minimum Gasteiger partial charge on any atom is -0.480 e. The van der Waals surface area contributed by atoms with Crippen LogP contribution in [0.4, 0.5) is 0 Å². The number of aromatic nitrogens is 1. The second-order valence-electron chi connectivity index (χ2n) is 3.04. The molecule has 82 valence electrons. The van der Waals surface area contributed by atoms with Crippen molar-refractivity contribution in [2.24, 2.45) is 0 Å². The molecule has 1 aromatic carbocycles. The first-order chi connectivity index (χ1) is 7.77. The predicted octanol–water partition coefficient (Wildman–Crippen LogP) is 3.06. The summed E-state index contributed by atoms with van der Waals surface area (Å²) in [5.74, 6) is -0.841. The molecule has 1 aromatic heterocycles. The zero-order valence-electron chi connectivity index (χ0n) is 8.24. The molecule has 0 radical (unpaired) electrons. The third-order valence-electron chi connectivity index (χ3n) is 1.95. The minimum absolute atomic E-state index is 0.590. The average Bonchev–Trinajstić information content (AvgIpc) is 2.79. The Morgan fingerprint density at radius 2 is 2.12 bits per heavy atom. The fourth-order valence-corrected chi connectivity index (χ4v) is 3.01. The molecule has 1 atom stereocenters. The highest BCUT2D eigenvalue weighted by molar-refractivity contribution is 8.01. The molecule has 0 amide bonds. The van der Waals surface area contributed by atoms with Crippen LogP contribution >= 0.6 is 23.1 Å². The molecule has 0 fully saturated rings. The van der Waals surface area contributed by atoms with Gasteiger partial charge in [0.1, 0.15) is 5.25 Å². The van der Waals surface area contributed by atoms with Gasteiger partial charge in [-0.05, 0) is 5.56 Å². The third kappa shape index (κ3) is 2.62. The number of carboxylic acids is 1. The zero-order chi connectivity index (χ0) is 11.4. The Morgan fingerprint density at radius 1 is 1.38 bits per heavy atom. The molecule has 0 aliphatic heterocycles. The summed E-state index contributed by atoms with van der Waals surface area (Å²) in [5.41, 5.74) is 0.787. The number of rotatable bonds is 4. The molecule has 2 rings (SSSR count). The molecule has 3 nitrogen and oxygen atoms in total. The van der Waals surface area contributed by atoms with Crippen molar-refractivity contribution in [2.45, 2.75) is 9.59 Å². The Labute approximate surface area is 101 Å². The lowest BCUT2D eigenvalue weighted by Gasteiger charge is -2.09. The number of aliphatic carboxylic acids is 1. The first-order valence-corrected chi connectivity index (χ1v) is 6.37. The maximum atomic E-state index is 11.2. The smallest absolute Gasteiger partial charge is 0.321 e. The first kappa shape index (κ1) is 11.2. The fraction of sp³-hybridized carbons (Fsp3) is 0.0909. The second kappa shape index (κ2) is 5.14. The average molecular weight is 251 g/mol. The molecular formula is C11H9NO2S2. The highest BCUT2D eigenvalue weighted by atomic mass is 32.2. The Kier molecular flexibility index (Phi) is 3.58. The van der Waals surface area contributed by atoms with Gasteiger partial charge in [0.2, 0.25) is 0 Å². The van der Waals surface area contributed by atoms with Gasteiger partial charge in [0, 0.05) is 11.6 Å². The lowest BCUT2D eigenvalue weighted by atomic mass is 10.1. The van der Waals surface area contributed by atoms with Crippen molar-refractivity contribution < 1.29 is 9.90 Å². The molecular weight excluding hydrogens is 242 g/mol. The van der Waals surface area contributed by atoms with Crippen molar-refractivity contribution in [3.05, 3.63) is 47.5 Å². The van der Waals surface area contributed by atoms with Crippen molar-refractivity contribution in [3.63, 3.8) is 0 Å². The summed E-state index contributed by atoms with van der Waals surface area (Å²) in [5, 5.41) is 10.4. The van der Waals surface area contributed by atoms with E-state index in [1.165, 1.54) is 23.1 Å². The van der Waals surface area contributed by atoms with Gasteiger partial charge < -0.3 is 5.11 Å². The van der Waals surface area contributed by atoms with Gasteiger partial charge in [0.25, 0.3) is 0 Å². The van der Waals surface area contributed by atoms with Crippen molar-refractivity contribution in [1.29, 1.82) is 0 Å². The SMILES string of the molecule is O=C(O)C(Sc1nccs1)c1ccccc1. The Morgan fingerprint density at radius 3 is 2.69 bits per heavy atom. The van der Waals surface area contributed by atoms with E-state index in [2.05, 4.69) is 4.98 Å². The monoisotopic (exact) mass is 251 g/mol. The van der Waals surface area contributed by atoms with E-state index in [0.717, 1.165) is 9.90 Å². The lowest BCUT2D eigenvalue weighted by Crippen LogP contribution is -2.07. The van der Waals surface area contributed by atoms with Crippen molar-refractivity contribution in [2.75, 3.05) is 0 Å². The van der Waals surface area contributed by atoms with Crippen LogP contribution in [0.15, 0.2) is 46.2 Å². The van der Waals surface area contributed by atoms with Gasteiger partial charge in [-0.15, -0.1) is 11.3 Å². The maximum Gasteiger partial charge on any atom is 0.321 e. The number of thiazole rings is 1. The van der Waals surface area contributed by atoms with E-state index in [-0.39, 0.29) is 0 Å². The van der Waals surface area contributed by atoms with Crippen LogP contribution in [0.25, 0.3) is 0 Å². The fourth-order valence-electron chi connectivity index (χ4n) is 1.26. The summed E-state index contributed by atoms with van der Waals surface area (Å²) < 4.78 is 0.774. The largest absolute Gasteiger partial charge is 0.480 e. The highest BCUT2D eigenvalue weighted by Gasteiger charge is 2.21. The number of carboxylic acid groups (broad SMARTS) is 1. The molecule has 16 heavy (non-hydrogen) atoms. The van der Waals surface area contributed by atoms with Gasteiger partial charge in [-0.2, -0.15) is 0 Å². The van der Waals surface area contributed by atoms with Gasteiger partial charge in [-0.1, -0.05) is 42.1 Å². The summed E-state index contributed by atoms with van der Waals surface area (Å²) in [6, 6.07) is 9.19. The van der Waals surface area contributed by atoms with E-state index in [1.807, 2.05) is 35.7 Å². The lowest BCUT2D eigenvalue weighted by molar-refractivity contribution is -0.136. The first-order valence-electron chi connectivity index (χ1n) is 4.61. The molecule has 0 aliphatic carbocycles. The Bertz CT molecular complexity index is 456. The molecule has 0 aliphatic rings. The molecule has 0 spiro atoms. The van der Waals surface area contributed by atoms with Crippen LogP contribution in [-0.4, -0.2) is 16.1 Å². The molecule has 1 N–H and O–H groups in total. The van der Waals surface area contributed by atoms with E-state index in [0.29, 0.717) is 0 Å². The molecule has 1 heterocycles. The van der Waals surface area contributed by atoms with Crippen molar-refractivity contribution >= 4 is 29.1 Å². The molecule has 2 aromatic rings. The molecule has 0 bridgehead atoms. The van der Waals surface area contributed by atoms with E-state index in [9.17, 15) is 9.90 Å². The molecule has 0 saturated heterocycles. The molecule has 5 heteroatoms. The summed E-state index contributed by atoms with van der Waals surface area (Å²) in [4.78, 5) is 15.3. The van der Waals surface area contributed by atoms with Gasteiger partial charge in [0.05, 0.1) is 0 Å². The van der Waals surface area contributed by atoms with Gasteiger partial charge in [-0.3, -0.25) is 4.79 Å². The van der Waals surface area contributed by atoms with E-state index in [4.69, 9.17) is 0 Å². The standard InChI is InChI=1S/C11H9NO2S2/c13-10(14)9(8-4-2-1-3-5-8)16-11-12-6-7-15-11/h1-7,9H,(H,13,14). The Hall–Kier alpha value is -1.33. The van der Waals surface area contributed by atoms with E-state index >= 15 is 0 Å². The van der Waals surface area contributed by atoms with Crippen LogP contribution in [0.2, 0.25) is 0 Å². The molecule has 0 saturated carbocycles. The van der Waals surface area contributed by atoms with Crippen LogP contribution in [0.1, 0.15) is 10.8 Å². The summed E-state index contributed by atoms with van der Waals surface area (Å²) in [6.45, 7) is 0. The van der Waals surface area contributed by atoms with Crippen LogP contribution < -0.4 is 0 Å². The predicted molar refractivity (Wildman–Crippen MR) is 64.8 cm³/mol.